The number of halogens is 1. The lowest BCUT2D eigenvalue weighted by Crippen LogP contribution is -2.31. The Morgan fingerprint density at radius 3 is 2.59 bits per heavy atom. The normalized spacial score (nSPS) is 10.3. The van der Waals surface area contributed by atoms with Crippen molar-refractivity contribution >= 4 is 45.3 Å². The SMILES string of the molecule is CSc1ccc([N+](=O)[O-])c(C(=O)OCC(=O)N(C)Cc2ccccc2Br)c1. The van der Waals surface area contributed by atoms with Crippen LogP contribution < -0.4 is 0 Å². The molecule has 0 aliphatic carbocycles. The lowest BCUT2D eigenvalue weighted by Gasteiger charge is -2.18. The van der Waals surface area contributed by atoms with Gasteiger partial charge in [0.25, 0.3) is 11.6 Å². The highest BCUT2D eigenvalue weighted by atomic mass is 79.9. The summed E-state index contributed by atoms with van der Waals surface area (Å²) in [6.45, 7) is -0.166. The highest BCUT2D eigenvalue weighted by Gasteiger charge is 2.23. The Morgan fingerprint density at radius 1 is 1.26 bits per heavy atom. The summed E-state index contributed by atoms with van der Waals surface area (Å²) in [5.74, 6) is -1.32. The van der Waals surface area contributed by atoms with Crippen LogP contribution in [-0.4, -0.2) is 41.6 Å². The van der Waals surface area contributed by atoms with Crippen LogP contribution in [0.3, 0.4) is 0 Å². The maximum absolute atomic E-state index is 12.3. The molecule has 0 saturated carbocycles. The zero-order valence-electron chi connectivity index (χ0n) is 14.7. The zero-order chi connectivity index (χ0) is 20.0. The fourth-order valence-corrected chi connectivity index (χ4v) is 3.10. The quantitative estimate of drug-likeness (QED) is 0.274. The first-order valence-corrected chi connectivity index (χ1v) is 9.82. The number of amides is 1. The standard InChI is InChI=1S/C18H17BrN2O5S/c1-20(10-12-5-3-4-6-15(12)19)17(22)11-26-18(23)14-9-13(27-2)7-8-16(14)21(24)25/h3-9H,10-11H2,1-2H3. The monoisotopic (exact) mass is 452 g/mol. The van der Waals surface area contributed by atoms with E-state index in [2.05, 4.69) is 15.9 Å². The van der Waals surface area contributed by atoms with Crippen molar-refractivity contribution in [3.63, 3.8) is 0 Å². The minimum absolute atomic E-state index is 0.173. The molecule has 0 N–H and O–H groups in total. The van der Waals surface area contributed by atoms with Crippen LogP contribution in [0.15, 0.2) is 51.8 Å². The molecule has 2 rings (SSSR count). The van der Waals surface area contributed by atoms with Gasteiger partial charge in [-0.05, 0) is 30.0 Å². The largest absolute Gasteiger partial charge is 0.452 e. The van der Waals surface area contributed by atoms with Crippen molar-refractivity contribution in [2.24, 2.45) is 0 Å². The summed E-state index contributed by atoms with van der Waals surface area (Å²) in [6.07, 6.45) is 1.79. The molecule has 0 unspecified atom stereocenters. The molecule has 2 aromatic carbocycles. The van der Waals surface area contributed by atoms with Gasteiger partial charge in [0, 0.05) is 29.0 Å². The molecule has 9 heteroatoms. The maximum atomic E-state index is 12.3. The second-order valence-electron chi connectivity index (χ2n) is 5.56. The van der Waals surface area contributed by atoms with Crippen LogP contribution in [0.5, 0.6) is 0 Å². The summed E-state index contributed by atoms with van der Waals surface area (Å²) in [4.78, 5) is 37.1. The average Bonchev–Trinajstić information content (AvgIpc) is 2.66. The van der Waals surface area contributed by atoms with E-state index < -0.39 is 23.4 Å². The number of hydrogen-bond donors (Lipinski definition) is 0. The number of rotatable bonds is 7. The van der Waals surface area contributed by atoms with Gasteiger partial charge in [0.05, 0.1) is 4.92 Å². The average molecular weight is 453 g/mol. The van der Waals surface area contributed by atoms with Crippen molar-refractivity contribution in [1.29, 1.82) is 0 Å². The first-order valence-electron chi connectivity index (χ1n) is 7.80. The lowest BCUT2D eigenvalue weighted by molar-refractivity contribution is -0.385. The molecule has 0 bridgehead atoms. The number of hydrogen-bond acceptors (Lipinski definition) is 6. The van der Waals surface area contributed by atoms with Gasteiger partial charge in [0.1, 0.15) is 5.56 Å². The minimum atomic E-state index is -0.903. The molecule has 7 nitrogen and oxygen atoms in total. The van der Waals surface area contributed by atoms with E-state index in [4.69, 9.17) is 4.74 Å². The summed E-state index contributed by atoms with van der Waals surface area (Å²) in [5, 5.41) is 11.1. The number of esters is 1. The van der Waals surface area contributed by atoms with Gasteiger partial charge in [-0.15, -0.1) is 11.8 Å². The van der Waals surface area contributed by atoms with Crippen molar-refractivity contribution in [1.82, 2.24) is 4.90 Å². The molecule has 0 aliphatic rings. The molecule has 0 aliphatic heterocycles. The molecule has 0 saturated heterocycles. The van der Waals surface area contributed by atoms with Gasteiger partial charge in [-0.2, -0.15) is 0 Å². The Balaban J connectivity index is 2.03. The Hall–Kier alpha value is -2.39. The number of thioether (sulfide) groups is 1. The molecular weight excluding hydrogens is 436 g/mol. The molecule has 0 radical (unpaired) electrons. The number of carbonyl (C=O) groups excluding carboxylic acids is 2. The maximum Gasteiger partial charge on any atom is 0.345 e. The van der Waals surface area contributed by atoms with Crippen molar-refractivity contribution in [3.05, 3.63) is 68.2 Å². The van der Waals surface area contributed by atoms with Gasteiger partial charge in [0.2, 0.25) is 0 Å². The molecule has 0 spiro atoms. The van der Waals surface area contributed by atoms with Crippen molar-refractivity contribution < 1.29 is 19.2 Å². The topological polar surface area (TPSA) is 89.7 Å². The second kappa shape index (κ2) is 9.52. The van der Waals surface area contributed by atoms with E-state index in [-0.39, 0.29) is 11.3 Å². The summed E-state index contributed by atoms with van der Waals surface area (Å²) >= 11 is 4.76. The van der Waals surface area contributed by atoms with E-state index >= 15 is 0 Å². The summed E-state index contributed by atoms with van der Waals surface area (Å²) in [5.41, 5.74) is 0.378. The van der Waals surface area contributed by atoms with Crippen LogP contribution in [0.2, 0.25) is 0 Å². The Labute approximate surface area is 169 Å². The van der Waals surface area contributed by atoms with Gasteiger partial charge < -0.3 is 9.64 Å². The number of benzene rings is 2. The first-order chi connectivity index (χ1) is 12.8. The van der Waals surface area contributed by atoms with Crippen LogP contribution in [0.1, 0.15) is 15.9 Å². The fraction of sp³-hybridized carbons (Fsp3) is 0.222. The van der Waals surface area contributed by atoms with Crippen LogP contribution in [0.4, 0.5) is 5.69 Å². The molecule has 1 amide bonds. The number of nitro groups is 1. The van der Waals surface area contributed by atoms with Crippen LogP contribution >= 0.6 is 27.7 Å². The van der Waals surface area contributed by atoms with Gasteiger partial charge in [-0.1, -0.05) is 34.1 Å². The van der Waals surface area contributed by atoms with Crippen molar-refractivity contribution in [2.75, 3.05) is 19.9 Å². The van der Waals surface area contributed by atoms with E-state index in [9.17, 15) is 19.7 Å². The first kappa shape index (κ1) is 20.9. The van der Waals surface area contributed by atoms with E-state index in [0.717, 1.165) is 10.0 Å². The van der Waals surface area contributed by atoms with Crippen molar-refractivity contribution in [2.45, 2.75) is 11.4 Å². The number of ether oxygens (including phenoxy) is 1. The van der Waals surface area contributed by atoms with Crippen molar-refractivity contribution in [3.8, 4) is 0 Å². The molecule has 0 fully saturated rings. The van der Waals surface area contributed by atoms with E-state index in [1.165, 1.54) is 28.8 Å². The predicted octanol–water partition coefficient (Wildman–Crippen LogP) is 3.89. The van der Waals surface area contributed by atoms with E-state index in [1.54, 1.807) is 19.4 Å². The summed E-state index contributed by atoms with van der Waals surface area (Å²) in [7, 11) is 1.59. The Kier molecular flexibility index (Phi) is 7.37. The van der Waals surface area contributed by atoms with E-state index in [1.807, 2.05) is 24.3 Å². The lowest BCUT2D eigenvalue weighted by atomic mass is 10.2. The van der Waals surface area contributed by atoms with Crippen LogP contribution in [0, 0.1) is 10.1 Å². The van der Waals surface area contributed by atoms with Gasteiger partial charge in [-0.25, -0.2) is 4.79 Å². The van der Waals surface area contributed by atoms with E-state index in [0.29, 0.717) is 11.4 Å². The van der Waals surface area contributed by atoms with Crippen LogP contribution in [0.25, 0.3) is 0 Å². The number of nitrogens with zero attached hydrogens (tertiary/aromatic N) is 2. The molecule has 27 heavy (non-hydrogen) atoms. The third-order valence-electron chi connectivity index (χ3n) is 3.74. The summed E-state index contributed by atoms with van der Waals surface area (Å²) in [6, 6.07) is 11.7. The zero-order valence-corrected chi connectivity index (χ0v) is 17.1. The number of likely N-dealkylation sites (N-methyl/N-ethyl adjacent to an activating group) is 1. The fourth-order valence-electron chi connectivity index (χ4n) is 2.25. The minimum Gasteiger partial charge on any atom is -0.452 e. The highest BCUT2D eigenvalue weighted by molar-refractivity contribution is 9.10. The number of nitro benzene ring substituents is 1. The highest BCUT2D eigenvalue weighted by Crippen LogP contribution is 2.25. The van der Waals surface area contributed by atoms with Crippen LogP contribution in [-0.2, 0) is 16.1 Å². The smallest absolute Gasteiger partial charge is 0.345 e. The third-order valence-corrected chi connectivity index (χ3v) is 5.24. The Morgan fingerprint density at radius 2 is 1.96 bits per heavy atom. The number of carbonyl (C=O) groups is 2. The molecule has 2 aromatic rings. The predicted molar refractivity (Wildman–Crippen MR) is 106 cm³/mol. The second-order valence-corrected chi connectivity index (χ2v) is 7.29. The van der Waals surface area contributed by atoms with Gasteiger partial charge in [0.15, 0.2) is 6.61 Å². The van der Waals surface area contributed by atoms with Gasteiger partial charge in [-0.3, -0.25) is 14.9 Å². The Bertz CT molecular complexity index is 875. The third kappa shape index (κ3) is 5.54. The molecule has 0 heterocycles. The summed E-state index contributed by atoms with van der Waals surface area (Å²) < 4.78 is 5.88. The van der Waals surface area contributed by atoms with Gasteiger partial charge >= 0.3 is 5.97 Å². The molecule has 142 valence electrons. The molecule has 0 atom stereocenters. The molecule has 0 aromatic heterocycles. The molecular formula is C18H17BrN2O5S.